The first kappa shape index (κ1) is 26.7. The molecule has 182 valence electrons. The number of benzene rings is 2. The van der Waals surface area contributed by atoms with Gasteiger partial charge in [0.2, 0.25) is 15.9 Å². The Morgan fingerprint density at radius 1 is 1.03 bits per heavy atom. The van der Waals surface area contributed by atoms with E-state index in [1.54, 1.807) is 0 Å². The number of anilines is 1. The van der Waals surface area contributed by atoms with Gasteiger partial charge in [0.05, 0.1) is 18.5 Å². The van der Waals surface area contributed by atoms with Crippen molar-refractivity contribution in [2.45, 2.75) is 59.8 Å². The Kier molecular flexibility index (Phi) is 8.95. The molecule has 0 radical (unpaired) electrons. The molecule has 1 N–H and O–H groups in total. The number of hydrogen-bond acceptors (Lipinski definition) is 4. The maximum Gasteiger partial charge on any atom is 0.232 e. The highest BCUT2D eigenvalue weighted by Crippen LogP contribution is 2.28. The van der Waals surface area contributed by atoms with Crippen molar-refractivity contribution in [3.8, 4) is 5.75 Å². The van der Waals surface area contributed by atoms with E-state index in [-0.39, 0.29) is 24.3 Å². The van der Waals surface area contributed by atoms with Gasteiger partial charge < -0.3 is 10.1 Å². The molecule has 2 aromatic rings. The van der Waals surface area contributed by atoms with Gasteiger partial charge in [-0.2, -0.15) is 0 Å². The minimum atomic E-state index is -3.46. The molecule has 0 saturated carbocycles. The van der Waals surface area contributed by atoms with Gasteiger partial charge in [0.15, 0.2) is 0 Å². The largest absolute Gasteiger partial charge is 0.492 e. The maximum absolute atomic E-state index is 12.4. The van der Waals surface area contributed by atoms with Crippen LogP contribution in [0.15, 0.2) is 36.4 Å². The van der Waals surface area contributed by atoms with Gasteiger partial charge in [-0.25, -0.2) is 8.42 Å². The van der Waals surface area contributed by atoms with Crippen LogP contribution in [0.2, 0.25) is 0 Å². The summed E-state index contributed by atoms with van der Waals surface area (Å²) >= 11 is 0. The summed E-state index contributed by atoms with van der Waals surface area (Å²) in [4.78, 5) is 12.2. The molecule has 2 rings (SSSR count). The van der Waals surface area contributed by atoms with Crippen molar-refractivity contribution in [3.05, 3.63) is 58.7 Å². The molecule has 0 aromatic heterocycles. The second-order valence-corrected chi connectivity index (χ2v) is 11.6. The molecular formula is C26H38N2O4S. The fraction of sp³-hybridized carbons (Fsp3) is 0.500. The molecule has 1 amide bonds. The third-order valence-corrected chi connectivity index (χ3v) is 6.63. The number of sulfonamides is 1. The smallest absolute Gasteiger partial charge is 0.232 e. The number of nitrogens with one attached hydrogen (secondary N) is 1. The molecular weight excluding hydrogens is 436 g/mol. The number of aryl methyl sites for hydroxylation is 3. The van der Waals surface area contributed by atoms with Crippen LogP contribution >= 0.6 is 0 Å². The molecule has 6 nitrogen and oxygen atoms in total. The van der Waals surface area contributed by atoms with Gasteiger partial charge in [0.25, 0.3) is 0 Å². The summed E-state index contributed by atoms with van der Waals surface area (Å²) in [5, 5.41) is 2.84. The lowest BCUT2D eigenvalue weighted by Gasteiger charge is -2.26. The van der Waals surface area contributed by atoms with E-state index < -0.39 is 10.0 Å². The Morgan fingerprint density at radius 3 is 2.12 bits per heavy atom. The highest BCUT2D eigenvalue weighted by Gasteiger charge is 2.21. The maximum atomic E-state index is 12.4. The molecule has 0 atom stereocenters. The number of carbonyl (C=O) groups excluding carboxylic acids is 1. The van der Waals surface area contributed by atoms with Crippen LogP contribution in [-0.4, -0.2) is 40.3 Å². The number of ether oxygens (including phenoxy) is 1. The lowest BCUT2D eigenvalue weighted by molar-refractivity contribution is -0.121. The Labute approximate surface area is 199 Å². The fourth-order valence-electron chi connectivity index (χ4n) is 3.89. The molecule has 0 unspecified atom stereocenters. The van der Waals surface area contributed by atoms with Gasteiger partial charge in [-0.1, -0.05) is 50.6 Å². The van der Waals surface area contributed by atoms with E-state index >= 15 is 0 Å². The predicted octanol–water partition coefficient (Wildman–Crippen LogP) is 4.65. The van der Waals surface area contributed by atoms with Crippen molar-refractivity contribution in [2.75, 3.05) is 30.3 Å². The molecule has 33 heavy (non-hydrogen) atoms. The minimum absolute atomic E-state index is 0.0933. The molecule has 0 saturated heterocycles. The Bertz CT molecular complexity index is 1030. The van der Waals surface area contributed by atoms with Crippen LogP contribution in [0.4, 0.5) is 5.69 Å². The van der Waals surface area contributed by atoms with E-state index in [2.05, 4.69) is 38.2 Å². The highest BCUT2D eigenvalue weighted by atomic mass is 32.2. The zero-order chi connectivity index (χ0) is 24.8. The van der Waals surface area contributed by atoms with Crippen molar-refractivity contribution in [1.29, 1.82) is 0 Å². The highest BCUT2D eigenvalue weighted by molar-refractivity contribution is 7.92. The van der Waals surface area contributed by atoms with E-state index in [4.69, 9.17) is 4.74 Å². The molecule has 0 aliphatic carbocycles. The monoisotopic (exact) mass is 474 g/mol. The normalized spacial score (nSPS) is 11.8. The lowest BCUT2D eigenvalue weighted by atomic mass is 9.87. The summed E-state index contributed by atoms with van der Waals surface area (Å²) in [6.45, 7) is 13.3. The molecule has 0 aliphatic rings. The number of carbonyl (C=O) groups is 1. The van der Waals surface area contributed by atoms with Crippen LogP contribution in [0.25, 0.3) is 0 Å². The Balaban J connectivity index is 1.81. The molecule has 0 bridgehead atoms. The summed E-state index contributed by atoms with van der Waals surface area (Å²) in [5.74, 6) is 0.650. The summed E-state index contributed by atoms with van der Waals surface area (Å²) in [5.41, 5.74) is 4.95. The quantitative estimate of drug-likeness (QED) is 0.509. The average molecular weight is 475 g/mol. The number of hydrogen-bond donors (Lipinski definition) is 1. The summed E-state index contributed by atoms with van der Waals surface area (Å²) in [7, 11) is -3.46. The third-order valence-electron chi connectivity index (χ3n) is 5.46. The summed E-state index contributed by atoms with van der Waals surface area (Å²) in [6, 6.07) is 11.9. The number of amides is 1. The van der Waals surface area contributed by atoms with E-state index in [0.29, 0.717) is 25.3 Å². The van der Waals surface area contributed by atoms with E-state index in [9.17, 15) is 13.2 Å². The van der Waals surface area contributed by atoms with Crippen LogP contribution in [-0.2, 0) is 20.2 Å². The average Bonchev–Trinajstić information content (AvgIpc) is 2.68. The van der Waals surface area contributed by atoms with Gasteiger partial charge >= 0.3 is 0 Å². The van der Waals surface area contributed by atoms with Crippen LogP contribution in [0.3, 0.4) is 0 Å². The van der Waals surface area contributed by atoms with Gasteiger partial charge in [-0.05, 0) is 61.4 Å². The molecule has 2 aromatic carbocycles. The second-order valence-electron chi connectivity index (χ2n) is 9.66. The summed E-state index contributed by atoms with van der Waals surface area (Å²) < 4.78 is 32.0. The topological polar surface area (TPSA) is 75.7 Å². The van der Waals surface area contributed by atoms with Crippen LogP contribution in [0.5, 0.6) is 5.75 Å². The van der Waals surface area contributed by atoms with E-state index in [0.717, 1.165) is 22.4 Å². The van der Waals surface area contributed by atoms with Crippen molar-refractivity contribution >= 4 is 21.6 Å². The SMILES string of the molecule is Cc1cc(C)c(N(CCCC(=O)NCCOc2ccc(C(C)(C)C)cc2)S(C)(=O)=O)c(C)c1. The zero-order valence-electron chi connectivity index (χ0n) is 21.0. The van der Waals surface area contributed by atoms with Gasteiger partial charge in [0, 0.05) is 13.0 Å². The van der Waals surface area contributed by atoms with Crippen LogP contribution in [0, 0.1) is 20.8 Å². The molecule has 0 aliphatic heterocycles. The van der Waals surface area contributed by atoms with E-state index in [1.165, 1.54) is 16.1 Å². The van der Waals surface area contributed by atoms with Crippen LogP contribution < -0.4 is 14.4 Å². The Morgan fingerprint density at radius 2 is 1.61 bits per heavy atom. The van der Waals surface area contributed by atoms with E-state index in [1.807, 2.05) is 45.0 Å². The first-order valence-corrected chi connectivity index (χ1v) is 13.2. The number of rotatable bonds is 10. The standard InChI is InChI=1S/C26H38N2O4S/c1-19-17-20(2)25(21(3)18-19)28(33(7,30)31)15-8-9-24(29)27-14-16-32-23-12-10-22(11-13-23)26(4,5)6/h10-13,17-18H,8-9,14-16H2,1-7H3,(H,27,29). The fourth-order valence-corrected chi connectivity index (χ4v) is 4.97. The first-order valence-electron chi connectivity index (χ1n) is 11.3. The predicted molar refractivity (Wildman–Crippen MR) is 136 cm³/mol. The first-order chi connectivity index (χ1) is 15.3. The molecule has 7 heteroatoms. The third kappa shape index (κ3) is 8.07. The van der Waals surface area contributed by atoms with Crippen LogP contribution in [0.1, 0.15) is 55.9 Å². The van der Waals surface area contributed by atoms with Crippen molar-refractivity contribution in [1.82, 2.24) is 5.32 Å². The van der Waals surface area contributed by atoms with Gasteiger partial charge in [-0.15, -0.1) is 0 Å². The van der Waals surface area contributed by atoms with Crippen molar-refractivity contribution < 1.29 is 17.9 Å². The molecule has 0 spiro atoms. The van der Waals surface area contributed by atoms with Crippen molar-refractivity contribution in [3.63, 3.8) is 0 Å². The second kappa shape index (κ2) is 11.1. The van der Waals surface area contributed by atoms with Gasteiger partial charge in [-0.3, -0.25) is 9.10 Å². The van der Waals surface area contributed by atoms with Crippen molar-refractivity contribution in [2.24, 2.45) is 0 Å². The Hall–Kier alpha value is -2.54. The summed E-state index contributed by atoms with van der Waals surface area (Å²) in [6.07, 6.45) is 1.88. The minimum Gasteiger partial charge on any atom is -0.492 e. The zero-order valence-corrected chi connectivity index (χ0v) is 21.8. The lowest BCUT2D eigenvalue weighted by Crippen LogP contribution is -2.33. The number of nitrogens with zero attached hydrogens (tertiary/aromatic N) is 1. The van der Waals surface area contributed by atoms with Gasteiger partial charge in [0.1, 0.15) is 12.4 Å². The molecule has 0 heterocycles. The molecule has 0 fully saturated rings.